The molecule has 0 spiro atoms. The monoisotopic (exact) mass is 451 g/mol. The van der Waals surface area contributed by atoms with Crippen molar-refractivity contribution < 1.29 is 31.7 Å². The maximum atomic E-state index is 14.0. The van der Waals surface area contributed by atoms with Gasteiger partial charge in [-0.15, -0.1) is 0 Å². The Kier molecular flexibility index (Phi) is 5.45. The van der Waals surface area contributed by atoms with E-state index in [2.05, 4.69) is 15.5 Å². The van der Waals surface area contributed by atoms with Crippen molar-refractivity contribution in [1.82, 2.24) is 24.9 Å². The van der Waals surface area contributed by atoms with Crippen LogP contribution in [0.5, 0.6) is 0 Å². The number of nitrogens with zero attached hydrogens (tertiary/aromatic N) is 4. The third-order valence-electron chi connectivity index (χ3n) is 4.93. The second-order valence-electron chi connectivity index (χ2n) is 7.19. The van der Waals surface area contributed by atoms with Crippen molar-refractivity contribution in [3.8, 4) is 11.1 Å². The summed E-state index contributed by atoms with van der Waals surface area (Å²) in [6, 6.07) is 5.57. The van der Waals surface area contributed by atoms with Crippen molar-refractivity contribution in [2.24, 2.45) is 0 Å². The fourth-order valence-corrected chi connectivity index (χ4v) is 3.53. The Labute approximate surface area is 178 Å². The molecule has 0 aliphatic carbocycles. The minimum absolute atomic E-state index is 0.0513. The lowest BCUT2D eigenvalue weighted by Gasteiger charge is -2.27. The van der Waals surface area contributed by atoms with Crippen molar-refractivity contribution in [3.63, 3.8) is 0 Å². The summed E-state index contributed by atoms with van der Waals surface area (Å²) < 4.78 is 61.0. The normalized spacial score (nSPS) is 14.5. The van der Waals surface area contributed by atoms with E-state index in [9.17, 15) is 27.2 Å². The van der Waals surface area contributed by atoms with E-state index >= 15 is 0 Å². The maximum absolute atomic E-state index is 14.0. The van der Waals surface area contributed by atoms with Gasteiger partial charge in [0.15, 0.2) is 5.82 Å². The van der Waals surface area contributed by atoms with Gasteiger partial charge in [-0.3, -0.25) is 9.59 Å². The van der Waals surface area contributed by atoms with Gasteiger partial charge in [0.2, 0.25) is 11.8 Å². The molecule has 3 aromatic rings. The molecule has 0 saturated carbocycles. The summed E-state index contributed by atoms with van der Waals surface area (Å²) in [6.45, 7) is 0.993. The van der Waals surface area contributed by atoms with Crippen LogP contribution < -0.4 is 5.32 Å². The zero-order valence-corrected chi connectivity index (χ0v) is 16.7. The van der Waals surface area contributed by atoms with Crippen LogP contribution in [0.25, 0.3) is 11.1 Å². The van der Waals surface area contributed by atoms with Gasteiger partial charge in [0.1, 0.15) is 23.7 Å². The zero-order valence-electron chi connectivity index (χ0n) is 16.7. The number of amides is 2. The van der Waals surface area contributed by atoms with Crippen LogP contribution >= 0.6 is 0 Å². The Hall–Kier alpha value is -3.70. The van der Waals surface area contributed by atoms with Gasteiger partial charge < -0.3 is 19.3 Å². The average Bonchev–Trinajstić information content (AvgIpc) is 3.31. The summed E-state index contributed by atoms with van der Waals surface area (Å²) in [5.74, 6) is -1.67. The average molecular weight is 451 g/mol. The van der Waals surface area contributed by atoms with E-state index in [-0.39, 0.29) is 48.2 Å². The lowest BCUT2D eigenvalue weighted by molar-refractivity contribution is -0.143. The fraction of sp³-hybridized carbons (Fsp3) is 0.300. The largest absolute Gasteiger partial charge is 0.431 e. The van der Waals surface area contributed by atoms with Gasteiger partial charge in [-0.05, 0) is 30.7 Å². The highest BCUT2D eigenvalue weighted by atomic mass is 19.4. The Bertz CT molecular complexity index is 1170. The summed E-state index contributed by atoms with van der Waals surface area (Å²) in [6.07, 6.45) is -4.82. The first-order valence-electron chi connectivity index (χ1n) is 9.55. The second kappa shape index (κ2) is 8.09. The van der Waals surface area contributed by atoms with Crippen LogP contribution in [-0.4, -0.2) is 51.1 Å². The number of hydrogen-bond donors (Lipinski definition) is 1. The van der Waals surface area contributed by atoms with Gasteiger partial charge in [-0.25, -0.2) is 4.39 Å². The molecule has 32 heavy (non-hydrogen) atoms. The number of carbonyl (C=O) groups is 2. The highest BCUT2D eigenvalue weighted by Gasteiger charge is 2.40. The zero-order chi connectivity index (χ0) is 23.0. The van der Waals surface area contributed by atoms with Gasteiger partial charge in [0, 0.05) is 18.7 Å². The lowest BCUT2D eigenvalue weighted by Crippen LogP contribution is -2.50. The van der Waals surface area contributed by atoms with Crippen molar-refractivity contribution in [1.29, 1.82) is 0 Å². The summed E-state index contributed by atoms with van der Waals surface area (Å²) in [7, 11) is 0. The molecule has 1 aliphatic rings. The van der Waals surface area contributed by atoms with Crippen molar-refractivity contribution in [3.05, 3.63) is 59.3 Å². The molecule has 1 fully saturated rings. The molecule has 1 aliphatic heterocycles. The van der Waals surface area contributed by atoms with Gasteiger partial charge >= 0.3 is 6.18 Å². The Morgan fingerprint density at radius 1 is 1.25 bits per heavy atom. The van der Waals surface area contributed by atoms with Crippen LogP contribution in [0, 0.1) is 12.7 Å². The number of aromatic nitrogens is 3. The first kappa shape index (κ1) is 21.5. The number of benzene rings is 1. The Morgan fingerprint density at radius 2 is 1.97 bits per heavy atom. The molecule has 1 saturated heterocycles. The molecule has 0 atom stereocenters. The van der Waals surface area contributed by atoms with Crippen LogP contribution in [0.4, 0.5) is 17.6 Å². The molecule has 168 valence electrons. The third kappa shape index (κ3) is 4.20. The molecule has 8 nitrogen and oxygen atoms in total. The molecule has 4 rings (SSSR count). The van der Waals surface area contributed by atoms with Crippen LogP contribution in [0.2, 0.25) is 0 Å². The van der Waals surface area contributed by atoms with Crippen LogP contribution in [0.15, 0.2) is 34.9 Å². The number of piperazine rings is 1. The number of alkyl halides is 3. The lowest BCUT2D eigenvalue weighted by atomic mass is 10.0. The molecular formula is C20H17F4N5O3. The predicted molar refractivity (Wildman–Crippen MR) is 102 cm³/mol. The Balaban J connectivity index is 1.91. The van der Waals surface area contributed by atoms with Gasteiger partial charge in [-0.1, -0.05) is 17.3 Å². The Morgan fingerprint density at radius 3 is 2.56 bits per heavy atom. The molecule has 1 N–H and O–H groups in total. The van der Waals surface area contributed by atoms with Crippen LogP contribution in [0.3, 0.4) is 0 Å². The quantitative estimate of drug-likeness (QED) is 0.616. The molecule has 2 aromatic heterocycles. The maximum Gasteiger partial charge on any atom is 0.431 e. The number of hydrogen-bond acceptors (Lipinski definition) is 5. The molecule has 0 bridgehead atoms. The van der Waals surface area contributed by atoms with E-state index in [4.69, 9.17) is 4.52 Å². The van der Waals surface area contributed by atoms with Crippen LogP contribution in [-0.2, 0) is 17.5 Å². The van der Waals surface area contributed by atoms with E-state index in [1.54, 1.807) is 0 Å². The fourth-order valence-electron chi connectivity index (χ4n) is 3.53. The van der Waals surface area contributed by atoms with Crippen molar-refractivity contribution >= 4 is 11.8 Å². The van der Waals surface area contributed by atoms with E-state index in [0.29, 0.717) is 0 Å². The number of aryl methyl sites for hydroxylation is 1. The van der Waals surface area contributed by atoms with Gasteiger partial charge in [0.05, 0.1) is 6.54 Å². The molecule has 0 radical (unpaired) electrons. The molecule has 1 aromatic carbocycles. The summed E-state index contributed by atoms with van der Waals surface area (Å²) in [5.41, 5.74) is -1.27. The minimum atomic E-state index is -4.82. The highest BCUT2D eigenvalue weighted by Crippen LogP contribution is 2.38. The second-order valence-corrected chi connectivity index (χ2v) is 7.19. The van der Waals surface area contributed by atoms with Crippen molar-refractivity contribution in [2.45, 2.75) is 19.6 Å². The van der Waals surface area contributed by atoms with Crippen molar-refractivity contribution in [2.75, 3.05) is 19.6 Å². The standard InChI is InChI=1S/C20H17F4N5O3/c1-11-26-17(32-27-11)10-29-15(20(22,23)24)8-14(12-2-4-13(21)5-3-12)18(29)19(31)28-7-6-25-16(30)9-28/h2-5,8H,6-7,9-10H2,1H3,(H,25,30). The molecular weight excluding hydrogens is 434 g/mol. The number of rotatable bonds is 4. The number of nitrogens with one attached hydrogen (secondary N) is 1. The van der Waals surface area contributed by atoms with E-state index in [0.717, 1.165) is 27.7 Å². The van der Waals surface area contributed by atoms with Gasteiger partial charge in [-0.2, -0.15) is 18.2 Å². The topological polar surface area (TPSA) is 93.3 Å². The van der Waals surface area contributed by atoms with Gasteiger partial charge in [0.25, 0.3) is 5.91 Å². The first-order valence-corrected chi connectivity index (χ1v) is 9.55. The SMILES string of the molecule is Cc1noc(Cn2c(C(F)(F)F)cc(-c3ccc(F)cc3)c2C(=O)N2CCNC(=O)C2)n1. The summed E-state index contributed by atoms with van der Waals surface area (Å²) in [5, 5.41) is 6.15. The van der Waals surface area contributed by atoms with E-state index in [1.165, 1.54) is 19.1 Å². The highest BCUT2D eigenvalue weighted by molar-refractivity contribution is 6.01. The molecule has 2 amide bonds. The summed E-state index contributed by atoms with van der Waals surface area (Å²) in [4.78, 5) is 30.3. The molecule has 0 unspecified atom stereocenters. The summed E-state index contributed by atoms with van der Waals surface area (Å²) >= 11 is 0. The molecule has 12 heteroatoms. The smallest absolute Gasteiger partial charge is 0.353 e. The van der Waals surface area contributed by atoms with Crippen LogP contribution in [0.1, 0.15) is 27.9 Å². The van der Waals surface area contributed by atoms with E-state index in [1.807, 2.05) is 0 Å². The van der Waals surface area contributed by atoms with E-state index < -0.39 is 36.0 Å². The number of halogens is 4. The number of carbonyl (C=O) groups excluding carboxylic acids is 2. The minimum Gasteiger partial charge on any atom is -0.353 e. The predicted octanol–water partition coefficient (Wildman–Crippen LogP) is 2.62. The molecule has 3 heterocycles. The third-order valence-corrected chi connectivity index (χ3v) is 4.93. The first-order chi connectivity index (χ1) is 15.1.